The molecule has 5 nitrogen and oxygen atoms in total. The maximum absolute atomic E-state index is 12.5. The van der Waals surface area contributed by atoms with Crippen LogP contribution in [0.5, 0.6) is 11.5 Å². The van der Waals surface area contributed by atoms with Crippen LogP contribution in [0.15, 0.2) is 29.6 Å². The van der Waals surface area contributed by atoms with Gasteiger partial charge in [0, 0.05) is 22.9 Å². The Morgan fingerprint density at radius 2 is 2.17 bits per heavy atom. The molecule has 1 unspecified atom stereocenters. The smallest absolute Gasteiger partial charge is 0.279 e. The molecule has 3 rings (SSSR count). The summed E-state index contributed by atoms with van der Waals surface area (Å²) >= 11 is 1.82. The topological polar surface area (TPSA) is 52.0 Å². The fourth-order valence-corrected chi connectivity index (χ4v) is 4.18. The number of fused-ring (bicyclic) bond motifs is 1. The predicted octanol–water partition coefficient (Wildman–Crippen LogP) is 1.91. The molecule has 6 heteroatoms. The van der Waals surface area contributed by atoms with Crippen molar-refractivity contribution < 1.29 is 19.2 Å². The summed E-state index contributed by atoms with van der Waals surface area (Å²) in [6.07, 6.45) is 1.04. The van der Waals surface area contributed by atoms with Gasteiger partial charge < -0.3 is 19.7 Å². The average Bonchev–Trinajstić information content (AvgIpc) is 3.06. The number of carbonyl (C=O) groups is 1. The molecule has 0 bridgehead atoms. The molecule has 2 heterocycles. The molecular weight excluding hydrogens is 324 g/mol. The van der Waals surface area contributed by atoms with E-state index in [2.05, 4.69) is 23.7 Å². The van der Waals surface area contributed by atoms with Crippen LogP contribution in [0.1, 0.15) is 23.4 Å². The maximum atomic E-state index is 12.5. The molecule has 128 valence electrons. The second-order valence-corrected chi connectivity index (χ2v) is 6.97. The van der Waals surface area contributed by atoms with Crippen LogP contribution in [0.25, 0.3) is 0 Å². The van der Waals surface area contributed by atoms with Crippen molar-refractivity contribution >= 4 is 22.9 Å². The largest absolute Gasteiger partial charge is 0.497 e. The first kappa shape index (κ1) is 16.8. The van der Waals surface area contributed by atoms with E-state index in [1.54, 1.807) is 26.4 Å². The lowest BCUT2D eigenvalue weighted by Gasteiger charge is -2.30. The van der Waals surface area contributed by atoms with E-state index in [0.717, 1.165) is 13.0 Å². The Labute approximate surface area is 146 Å². The minimum Gasteiger partial charge on any atom is -0.497 e. The molecule has 1 aliphatic rings. The summed E-state index contributed by atoms with van der Waals surface area (Å²) < 4.78 is 10.5. The van der Waals surface area contributed by atoms with Crippen molar-refractivity contribution in [3.8, 4) is 11.5 Å². The van der Waals surface area contributed by atoms with Crippen molar-refractivity contribution in [1.82, 2.24) is 0 Å². The summed E-state index contributed by atoms with van der Waals surface area (Å²) in [6, 6.07) is 7.92. The Morgan fingerprint density at radius 1 is 1.33 bits per heavy atom. The second-order valence-electron chi connectivity index (χ2n) is 5.97. The minimum absolute atomic E-state index is 0.0120. The Balaban J connectivity index is 1.68. The van der Waals surface area contributed by atoms with Gasteiger partial charge in [-0.1, -0.05) is 0 Å². The van der Waals surface area contributed by atoms with Crippen molar-refractivity contribution in [3.63, 3.8) is 0 Å². The van der Waals surface area contributed by atoms with Crippen LogP contribution < -0.4 is 19.7 Å². The molecule has 2 N–H and O–H groups in total. The normalized spacial score (nSPS) is 19.5. The van der Waals surface area contributed by atoms with Gasteiger partial charge in [-0.25, -0.2) is 0 Å². The Kier molecular flexibility index (Phi) is 5.06. The lowest BCUT2D eigenvalue weighted by Crippen LogP contribution is -3.14. The molecule has 1 aromatic carbocycles. The van der Waals surface area contributed by atoms with Crippen molar-refractivity contribution in [2.75, 3.05) is 32.6 Å². The van der Waals surface area contributed by atoms with Gasteiger partial charge in [0.15, 0.2) is 6.54 Å². The van der Waals surface area contributed by atoms with Crippen LogP contribution in [-0.4, -0.2) is 33.2 Å². The first-order valence-electron chi connectivity index (χ1n) is 8.05. The number of anilines is 1. The maximum Gasteiger partial charge on any atom is 0.279 e. The lowest BCUT2D eigenvalue weighted by atomic mass is 10.0. The summed E-state index contributed by atoms with van der Waals surface area (Å²) in [4.78, 5) is 15.3. The summed E-state index contributed by atoms with van der Waals surface area (Å²) in [5, 5.41) is 5.10. The number of amides is 1. The van der Waals surface area contributed by atoms with Gasteiger partial charge in [0.1, 0.15) is 17.5 Å². The molecule has 2 aromatic rings. The zero-order valence-corrected chi connectivity index (χ0v) is 15.0. The summed E-state index contributed by atoms with van der Waals surface area (Å²) in [5.74, 6) is 1.31. The highest BCUT2D eigenvalue weighted by Crippen LogP contribution is 2.29. The predicted molar refractivity (Wildman–Crippen MR) is 95.3 cm³/mol. The summed E-state index contributed by atoms with van der Waals surface area (Å²) in [5.41, 5.74) is 2.02. The second kappa shape index (κ2) is 7.23. The zero-order valence-electron chi connectivity index (χ0n) is 14.2. The molecule has 1 aromatic heterocycles. The lowest BCUT2D eigenvalue weighted by molar-refractivity contribution is -0.923. The standard InChI is InChI=1S/C18H22N2O3S/c1-12-14-7-9-24-17(14)6-8-20(12)11-18(21)19-15-10-13(22-2)4-5-16(15)23-3/h4-5,7,9-10,12H,6,8,11H2,1-3H3,(H,19,21)/p+1/t12-/m1/s1. The Morgan fingerprint density at radius 3 is 2.92 bits per heavy atom. The number of rotatable bonds is 5. The van der Waals surface area contributed by atoms with E-state index in [0.29, 0.717) is 29.8 Å². The van der Waals surface area contributed by atoms with Crippen LogP contribution in [0, 0.1) is 0 Å². The van der Waals surface area contributed by atoms with Crippen LogP contribution >= 0.6 is 11.3 Å². The molecule has 0 spiro atoms. The van der Waals surface area contributed by atoms with Gasteiger partial charge >= 0.3 is 0 Å². The van der Waals surface area contributed by atoms with E-state index in [9.17, 15) is 4.79 Å². The molecule has 0 fully saturated rings. The Bertz CT molecular complexity index is 729. The molecule has 1 amide bonds. The third-order valence-corrected chi connectivity index (χ3v) is 5.60. The number of benzene rings is 1. The van der Waals surface area contributed by atoms with Crippen molar-refractivity contribution in [1.29, 1.82) is 0 Å². The molecule has 0 aliphatic carbocycles. The molecule has 1 aliphatic heterocycles. The van der Waals surface area contributed by atoms with Crippen molar-refractivity contribution in [2.45, 2.75) is 19.4 Å². The number of ether oxygens (including phenoxy) is 2. The first-order chi connectivity index (χ1) is 11.6. The SMILES string of the molecule is COc1ccc(OC)c(NC(=O)C[NH+]2CCc3sccc3[C@H]2C)c1. The van der Waals surface area contributed by atoms with Crippen LogP contribution in [0.2, 0.25) is 0 Å². The molecule has 2 atom stereocenters. The van der Waals surface area contributed by atoms with E-state index in [1.807, 2.05) is 17.4 Å². The van der Waals surface area contributed by atoms with E-state index in [1.165, 1.54) is 15.3 Å². The summed E-state index contributed by atoms with van der Waals surface area (Å²) in [6.45, 7) is 3.62. The van der Waals surface area contributed by atoms with Gasteiger partial charge in [0.25, 0.3) is 5.91 Å². The van der Waals surface area contributed by atoms with Crippen molar-refractivity contribution in [3.05, 3.63) is 40.1 Å². The van der Waals surface area contributed by atoms with Gasteiger partial charge in [0.2, 0.25) is 0 Å². The number of methoxy groups -OCH3 is 2. The number of quaternary nitrogens is 1. The van der Waals surface area contributed by atoms with Crippen LogP contribution in [0.3, 0.4) is 0 Å². The highest BCUT2D eigenvalue weighted by molar-refractivity contribution is 7.10. The number of hydrogen-bond acceptors (Lipinski definition) is 4. The average molecular weight is 347 g/mol. The van der Waals surface area contributed by atoms with Gasteiger partial charge in [-0.15, -0.1) is 11.3 Å². The fraction of sp³-hybridized carbons (Fsp3) is 0.389. The first-order valence-corrected chi connectivity index (χ1v) is 8.93. The van der Waals surface area contributed by atoms with Crippen LogP contribution in [0.4, 0.5) is 5.69 Å². The zero-order chi connectivity index (χ0) is 17.1. The molecule has 0 saturated carbocycles. The van der Waals surface area contributed by atoms with E-state index >= 15 is 0 Å². The van der Waals surface area contributed by atoms with Gasteiger partial charge in [-0.2, -0.15) is 0 Å². The van der Waals surface area contributed by atoms with Gasteiger partial charge in [-0.3, -0.25) is 4.79 Å². The third kappa shape index (κ3) is 3.39. The molecule has 24 heavy (non-hydrogen) atoms. The minimum atomic E-state index is -0.0120. The summed E-state index contributed by atoms with van der Waals surface area (Å²) in [7, 11) is 3.19. The molecular formula is C18H23N2O3S+. The monoisotopic (exact) mass is 347 g/mol. The molecule has 0 radical (unpaired) electrons. The van der Waals surface area contributed by atoms with E-state index in [4.69, 9.17) is 9.47 Å². The number of nitrogens with one attached hydrogen (secondary N) is 2. The number of hydrogen-bond donors (Lipinski definition) is 2. The fourth-order valence-electron chi connectivity index (χ4n) is 3.20. The highest BCUT2D eigenvalue weighted by atomic mass is 32.1. The van der Waals surface area contributed by atoms with E-state index in [-0.39, 0.29) is 5.91 Å². The van der Waals surface area contributed by atoms with Gasteiger partial charge in [-0.05, 0) is 30.5 Å². The van der Waals surface area contributed by atoms with Crippen molar-refractivity contribution in [2.24, 2.45) is 0 Å². The highest BCUT2D eigenvalue weighted by Gasteiger charge is 2.29. The van der Waals surface area contributed by atoms with Crippen LogP contribution in [-0.2, 0) is 11.2 Å². The third-order valence-electron chi connectivity index (χ3n) is 4.60. The van der Waals surface area contributed by atoms with Gasteiger partial charge in [0.05, 0.1) is 26.5 Å². The molecule has 0 saturated heterocycles. The number of carbonyl (C=O) groups excluding carboxylic acids is 1. The quantitative estimate of drug-likeness (QED) is 0.869. The van der Waals surface area contributed by atoms with E-state index < -0.39 is 0 Å². The number of thiophene rings is 1. The Hall–Kier alpha value is -2.05.